The predicted octanol–water partition coefficient (Wildman–Crippen LogP) is 4.67. The minimum atomic E-state index is -3.90. The van der Waals surface area contributed by atoms with Crippen molar-refractivity contribution in [3.63, 3.8) is 0 Å². The molecule has 0 saturated carbocycles. The average molecular weight is 560 g/mol. The summed E-state index contributed by atoms with van der Waals surface area (Å²) < 4.78 is 46.0. The Labute approximate surface area is 204 Å². The molecule has 1 aromatic heterocycles. The van der Waals surface area contributed by atoms with E-state index in [2.05, 4.69) is 36.0 Å². The van der Waals surface area contributed by atoms with Gasteiger partial charge in [0.05, 0.1) is 22.3 Å². The normalized spacial score (nSPS) is 11.6. The van der Waals surface area contributed by atoms with E-state index in [0.717, 1.165) is 4.31 Å². The monoisotopic (exact) mass is 558 g/mol. The number of alkyl carbamates (subject to hydrolysis) is 1. The van der Waals surface area contributed by atoms with E-state index in [1.165, 1.54) is 32.4 Å². The summed E-state index contributed by atoms with van der Waals surface area (Å²) >= 11 is 9.33. The Morgan fingerprint density at radius 3 is 2.70 bits per heavy atom. The van der Waals surface area contributed by atoms with Crippen molar-refractivity contribution in [2.24, 2.45) is 0 Å². The van der Waals surface area contributed by atoms with Crippen LogP contribution in [0.15, 0.2) is 52.0 Å². The van der Waals surface area contributed by atoms with Crippen LogP contribution in [0.25, 0.3) is 22.6 Å². The molecule has 0 aliphatic rings. The number of aromatic nitrogens is 2. The molecule has 2 aromatic carbocycles. The molecular formula is C21H21BrClFN4O4S. The fraction of sp³-hybridized carbons (Fsp3) is 0.238. The van der Waals surface area contributed by atoms with E-state index in [9.17, 15) is 17.6 Å². The van der Waals surface area contributed by atoms with Gasteiger partial charge in [-0.2, -0.15) is 0 Å². The van der Waals surface area contributed by atoms with E-state index in [0.29, 0.717) is 33.5 Å². The van der Waals surface area contributed by atoms with Crippen molar-refractivity contribution in [3.05, 3.63) is 57.9 Å². The van der Waals surface area contributed by atoms with E-state index in [-0.39, 0.29) is 23.0 Å². The van der Waals surface area contributed by atoms with Gasteiger partial charge in [0.2, 0.25) is 10.0 Å². The quantitative estimate of drug-likeness (QED) is 0.391. The Morgan fingerprint density at radius 2 is 2.00 bits per heavy atom. The van der Waals surface area contributed by atoms with Crippen LogP contribution >= 0.6 is 27.5 Å². The Hall–Kier alpha value is -2.47. The van der Waals surface area contributed by atoms with Crippen LogP contribution in [0.3, 0.4) is 0 Å². The number of H-pyrrole nitrogens is 1. The van der Waals surface area contributed by atoms with Crippen LogP contribution in [0.1, 0.15) is 6.42 Å². The summed E-state index contributed by atoms with van der Waals surface area (Å²) in [6.07, 6.45) is 1.41. The lowest BCUT2D eigenvalue weighted by Gasteiger charge is -2.18. The summed E-state index contributed by atoms with van der Waals surface area (Å²) in [6, 6.07) is 9.22. The van der Waals surface area contributed by atoms with Crippen LogP contribution in [0.4, 0.5) is 9.18 Å². The lowest BCUT2D eigenvalue weighted by molar-refractivity contribution is 0.171. The Kier molecular flexibility index (Phi) is 8.11. The van der Waals surface area contributed by atoms with Gasteiger partial charge in [-0.15, -0.1) is 0 Å². The first kappa shape index (κ1) is 25.2. The van der Waals surface area contributed by atoms with Gasteiger partial charge in [0.1, 0.15) is 16.5 Å². The maximum atomic E-state index is 13.9. The van der Waals surface area contributed by atoms with Crippen molar-refractivity contribution in [1.82, 2.24) is 19.6 Å². The van der Waals surface area contributed by atoms with E-state index >= 15 is 0 Å². The molecule has 1 amide bonds. The number of aromatic amines is 1. The molecule has 8 nitrogen and oxygen atoms in total. The number of nitrogens with zero attached hydrogens (tertiary/aromatic N) is 2. The third kappa shape index (κ3) is 5.91. The first-order valence-electron chi connectivity index (χ1n) is 9.72. The zero-order chi connectivity index (χ0) is 24.2. The molecule has 176 valence electrons. The fourth-order valence-electron chi connectivity index (χ4n) is 2.97. The zero-order valence-corrected chi connectivity index (χ0v) is 20.9. The fourth-order valence-corrected chi connectivity index (χ4v) is 4.93. The summed E-state index contributed by atoms with van der Waals surface area (Å²) in [5.41, 5.74) is 1.58. The third-order valence-electron chi connectivity index (χ3n) is 4.79. The number of benzene rings is 2. The number of sulfonamides is 1. The highest BCUT2D eigenvalue weighted by Gasteiger charge is 2.24. The molecule has 0 unspecified atom stereocenters. The van der Waals surface area contributed by atoms with Gasteiger partial charge < -0.3 is 15.0 Å². The molecule has 0 saturated heterocycles. The van der Waals surface area contributed by atoms with Crippen molar-refractivity contribution < 1.29 is 22.3 Å². The van der Waals surface area contributed by atoms with Crippen molar-refractivity contribution in [1.29, 1.82) is 0 Å². The summed E-state index contributed by atoms with van der Waals surface area (Å²) in [7, 11) is -1.22. The summed E-state index contributed by atoms with van der Waals surface area (Å²) in [5.74, 6) is -0.00637. The second kappa shape index (κ2) is 10.6. The van der Waals surface area contributed by atoms with Crippen molar-refractivity contribution in [2.75, 3.05) is 27.2 Å². The van der Waals surface area contributed by atoms with Crippen LogP contribution in [0.2, 0.25) is 5.02 Å². The van der Waals surface area contributed by atoms with E-state index in [4.69, 9.17) is 11.6 Å². The molecule has 0 atom stereocenters. The number of rotatable bonds is 8. The number of nitrogens with one attached hydrogen (secondary N) is 2. The SMILES string of the molecule is COC(=O)NCCCN(C)S(=O)(=O)c1cc(-c2nc(-c3ccc(Br)c(F)c3)c[nH]2)ccc1Cl. The average Bonchev–Trinajstić information content (AvgIpc) is 3.28. The number of methoxy groups -OCH3 is 1. The van der Waals surface area contributed by atoms with Crippen LogP contribution in [-0.4, -0.2) is 56.0 Å². The molecule has 0 fully saturated rings. The molecule has 0 aliphatic carbocycles. The molecule has 12 heteroatoms. The highest BCUT2D eigenvalue weighted by atomic mass is 79.9. The van der Waals surface area contributed by atoms with E-state index in [1.807, 2.05) is 0 Å². The van der Waals surface area contributed by atoms with Gasteiger partial charge in [-0.3, -0.25) is 0 Å². The molecule has 0 radical (unpaired) electrons. The summed E-state index contributed by atoms with van der Waals surface area (Å²) in [6.45, 7) is 0.416. The predicted molar refractivity (Wildman–Crippen MR) is 127 cm³/mol. The lowest BCUT2D eigenvalue weighted by atomic mass is 10.2. The molecule has 3 aromatic rings. The number of carbonyl (C=O) groups excluding carboxylic acids is 1. The molecule has 3 rings (SSSR count). The maximum absolute atomic E-state index is 13.9. The van der Waals surface area contributed by atoms with Gasteiger partial charge >= 0.3 is 6.09 Å². The minimum absolute atomic E-state index is 0.0695. The van der Waals surface area contributed by atoms with Crippen molar-refractivity contribution in [3.8, 4) is 22.6 Å². The number of hydrogen-bond acceptors (Lipinski definition) is 5. The number of halogens is 3. The Balaban J connectivity index is 1.81. The number of hydrogen-bond donors (Lipinski definition) is 2. The Morgan fingerprint density at radius 1 is 1.27 bits per heavy atom. The maximum Gasteiger partial charge on any atom is 0.406 e. The highest BCUT2D eigenvalue weighted by Crippen LogP contribution is 2.30. The van der Waals surface area contributed by atoms with Crippen LogP contribution in [0.5, 0.6) is 0 Å². The van der Waals surface area contributed by atoms with Crippen molar-refractivity contribution in [2.45, 2.75) is 11.3 Å². The first-order valence-corrected chi connectivity index (χ1v) is 12.3. The summed E-state index contributed by atoms with van der Waals surface area (Å²) in [5, 5.41) is 2.57. The van der Waals surface area contributed by atoms with Gasteiger partial charge in [0.15, 0.2) is 0 Å². The molecule has 2 N–H and O–H groups in total. The van der Waals surface area contributed by atoms with Crippen LogP contribution in [-0.2, 0) is 14.8 Å². The zero-order valence-electron chi connectivity index (χ0n) is 17.7. The lowest BCUT2D eigenvalue weighted by Crippen LogP contribution is -2.31. The number of carbonyl (C=O) groups is 1. The van der Waals surface area contributed by atoms with Crippen molar-refractivity contribution >= 4 is 43.6 Å². The number of ether oxygens (including phenoxy) is 1. The summed E-state index contributed by atoms with van der Waals surface area (Å²) in [4.78, 5) is 18.5. The molecular weight excluding hydrogens is 539 g/mol. The Bertz CT molecular complexity index is 1270. The van der Waals surface area contributed by atoms with E-state index < -0.39 is 21.9 Å². The van der Waals surface area contributed by atoms with Gasteiger partial charge in [-0.05, 0) is 52.7 Å². The molecule has 0 spiro atoms. The molecule has 1 heterocycles. The van der Waals surface area contributed by atoms with E-state index in [1.54, 1.807) is 24.4 Å². The highest BCUT2D eigenvalue weighted by molar-refractivity contribution is 9.10. The largest absolute Gasteiger partial charge is 0.453 e. The number of amides is 1. The topological polar surface area (TPSA) is 104 Å². The van der Waals surface area contributed by atoms with Gasteiger partial charge in [0.25, 0.3) is 0 Å². The minimum Gasteiger partial charge on any atom is -0.453 e. The molecule has 0 aliphatic heterocycles. The van der Waals surface area contributed by atoms with Gasteiger partial charge in [-0.1, -0.05) is 17.7 Å². The molecule has 33 heavy (non-hydrogen) atoms. The van der Waals surface area contributed by atoms with Gasteiger partial charge in [0, 0.05) is 37.5 Å². The van der Waals surface area contributed by atoms with Crippen LogP contribution < -0.4 is 5.32 Å². The smallest absolute Gasteiger partial charge is 0.406 e. The van der Waals surface area contributed by atoms with Gasteiger partial charge in [-0.25, -0.2) is 26.9 Å². The standard InChI is InChI=1S/C21H21BrClFN4O4S/c1-28(9-3-8-25-21(29)32-2)33(30,31)19-11-14(5-7-16(19)23)20-26-12-18(27-20)13-4-6-15(22)17(24)10-13/h4-7,10-12H,3,8-9H2,1-2H3,(H,25,29)(H,26,27). The number of imidazole rings is 1. The second-order valence-corrected chi connectivity index (χ2v) is 10.3. The second-order valence-electron chi connectivity index (χ2n) is 7.01. The third-order valence-corrected chi connectivity index (χ3v) is 7.77. The molecule has 0 bridgehead atoms. The van der Waals surface area contributed by atoms with Crippen LogP contribution in [0, 0.1) is 5.82 Å². The first-order chi connectivity index (χ1) is 15.6.